The van der Waals surface area contributed by atoms with Crippen LogP contribution < -0.4 is 9.50 Å². The average molecular weight is 514 g/mol. The van der Waals surface area contributed by atoms with Crippen molar-refractivity contribution in [3.8, 4) is 5.75 Å². The fourth-order valence-corrected chi connectivity index (χ4v) is 6.22. The van der Waals surface area contributed by atoms with Gasteiger partial charge in [-0.2, -0.15) is 8.42 Å². The Morgan fingerprint density at radius 1 is 1.03 bits per heavy atom. The number of hydrogen-bond donors (Lipinski definition) is 1. The second-order valence-electron chi connectivity index (χ2n) is 9.80. The van der Waals surface area contributed by atoms with Crippen molar-refractivity contribution in [2.75, 3.05) is 39.3 Å². The molecule has 0 radical (unpaired) electrons. The summed E-state index contributed by atoms with van der Waals surface area (Å²) in [7, 11) is -3.85. The molecular weight excluding hydrogens is 474 g/mol. The Kier molecular flexibility index (Phi) is 9.40. The van der Waals surface area contributed by atoms with E-state index in [9.17, 15) is 13.2 Å². The van der Waals surface area contributed by atoms with Crippen molar-refractivity contribution >= 4 is 16.0 Å². The van der Waals surface area contributed by atoms with Gasteiger partial charge in [-0.1, -0.05) is 31.2 Å². The Morgan fingerprint density at radius 2 is 1.86 bits per heavy atom. The minimum Gasteiger partial charge on any atom is -0.379 e. The van der Waals surface area contributed by atoms with Crippen LogP contribution in [0.4, 0.5) is 0 Å². The molecule has 0 aromatic heterocycles. The smallest absolute Gasteiger partial charge is 0.339 e. The first-order chi connectivity index (χ1) is 17.5. The maximum absolute atomic E-state index is 12.7. The third-order valence-electron chi connectivity index (χ3n) is 7.20. The van der Waals surface area contributed by atoms with E-state index in [0.29, 0.717) is 18.2 Å². The minimum absolute atomic E-state index is 0.160. The molecule has 0 bridgehead atoms. The highest BCUT2D eigenvalue weighted by molar-refractivity contribution is 7.87. The van der Waals surface area contributed by atoms with Crippen molar-refractivity contribution in [2.24, 2.45) is 0 Å². The number of benzene rings is 2. The van der Waals surface area contributed by atoms with Gasteiger partial charge in [0, 0.05) is 38.6 Å². The summed E-state index contributed by atoms with van der Waals surface area (Å²) in [6, 6.07) is 14.4. The van der Waals surface area contributed by atoms with Crippen molar-refractivity contribution in [1.29, 1.82) is 0 Å². The summed E-state index contributed by atoms with van der Waals surface area (Å²) in [5, 5.41) is 3.30. The van der Waals surface area contributed by atoms with Crippen LogP contribution in [-0.4, -0.2) is 69.4 Å². The van der Waals surface area contributed by atoms with Gasteiger partial charge >= 0.3 is 10.1 Å². The molecule has 2 aromatic rings. The molecule has 2 aromatic carbocycles. The molecule has 1 fully saturated rings. The van der Waals surface area contributed by atoms with Gasteiger partial charge < -0.3 is 19.3 Å². The number of amides is 1. The van der Waals surface area contributed by atoms with Crippen LogP contribution in [-0.2, 0) is 27.8 Å². The number of nitrogens with one attached hydrogen (secondary N) is 1. The molecule has 1 aliphatic carbocycles. The summed E-state index contributed by atoms with van der Waals surface area (Å²) < 4.78 is 30.8. The van der Waals surface area contributed by atoms with Gasteiger partial charge in [-0.05, 0) is 87.0 Å². The van der Waals surface area contributed by atoms with Gasteiger partial charge in [0.05, 0.1) is 0 Å². The van der Waals surface area contributed by atoms with E-state index in [0.717, 1.165) is 77.8 Å². The van der Waals surface area contributed by atoms with E-state index < -0.39 is 10.1 Å². The number of aryl methyl sites for hydroxylation is 1. The maximum atomic E-state index is 12.7. The highest BCUT2D eigenvalue weighted by Crippen LogP contribution is 2.29. The fraction of sp³-hybridized carbons (Fsp3) is 0.536. The Morgan fingerprint density at radius 3 is 2.67 bits per heavy atom. The van der Waals surface area contributed by atoms with Crippen molar-refractivity contribution in [3.63, 3.8) is 0 Å². The third kappa shape index (κ3) is 7.08. The number of nitrogens with zero attached hydrogens (tertiary/aromatic N) is 2. The van der Waals surface area contributed by atoms with E-state index in [1.807, 2.05) is 17.0 Å². The average Bonchev–Trinajstić information content (AvgIpc) is 3.09. The molecule has 0 spiro atoms. The molecule has 4 rings (SSSR count). The molecule has 1 saturated heterocycles. The lowest BCUT2D eigenvalue weighted by molar-refractivity contribution is -0.130. The van der Waals surface area contributed by atoms with Crippen LogP contribution in [0.2, 0.25) is 0 Å². The molecule has 1 heterocycles. The normalized spacial score (nSPS) is 18.7. The summed E-state index contributed by atoms with van der Waals surface area (Å²) >= 11 is 0. The molecule has 1 aliphatic heterocycles. The zero-order valence-electron chi connectivity index (χ0n) is 21.3. The van der Waals surface area contributed by atoms with Crippen LogP contribution >= 0.6 is 0 Å². The molecule has 8 heteroatoms. The van der Waals surface area contributed by atoms with Crippen LogP contribution in [0.25, 0.3) is 0 Å². The van der Waals surface area contributed by atoms with E-state index in [2.05, 4.69) is 17.1 Å². The quantitative estimate of drug-likeness (QED) is 0.365. The van der Waals surface area contributed by atoms with Crippen molar-refractivity contribution in [2.45, 2.75) is 62.8 Å². The summed E-state index contributed by atoms with van der Waals surface area (Å²) in [5.41, 5.74) is 2.45. The summed E-state index contributed by atoms with van der Waals surface area (Å²) in [6.07, 6.45) is 6.77. The molecular formula is C28H39N3O4S. The van der Waals surface area contributed by atoms with Gasteiger partial charge in [-0.25, -0.2) is 0 Å². The van der Waals surface area contributed by atoms with Gasteiger partial charge in [-0.3, -0.25) is 4.79 Å². The van der Waals surface area contributed by atoms with Crippen molar-refractivity contribution in [3.05, 3.63) is 59.7 Å². The van der Waals surface area contributed by atoms with E-state index in [1.54, 1.807) is 36.4 Å². The van der Waals surface area contributed by atoms with Crippen molar-refractivity contribution in [1.82, 2.24) is 15.1 Å². The van der Waals surface area contributed by atoms with E-state index >= 15 is 0 Å². The molecule has 1 amide bonds. The van der Waals surface area contributed by atoms with E-state index in [1.165, 1.54) is 11.1 Å². The number of rotatable bonds is 11. The monoisotopic (exact) mass is 513 g/mol. The largest absolute Gasteiger partial charge is 0.379 e. The number of unbranched alkanes of at least 4 members (excludes halogenated alkanes) is 1. The SMILES string of the molecule is CCCN(CCCCN1CCNCCC1=O)C1CCc2ccc(OS(=O)(=O)c3ccccc3)cc2C1. The third-order valence-corrected chi connectivity index (χ3v) is 8.46. The van der Waals surface area contributed by atoms with Gasteiger partial charge in [0.1, 0.15) is 10.6 Å². The first kappa shape index (κ1) is 26.6. The predicted molar refractivity (Wildman–Crippen MR) is 142 cm³/mol. The molecule has 0 saturated carbocycles. The second kappa shape index (κ2) is 12.7. The molecule has 196 valence electrons. The number of carbonyl (C=O) groups excluding carboxylic acids is 1. The van der Waals surface area contributed by atoms with Crippen LogP contribution in [0.15, 0.2) is 53.4 Å². The molecule has 36 heavy (non-hydrogen) atoms. The zero-order chi connectivity index (χ0) is 25.4. The van der Waals surface area contributed by atoms with Crippen LogP contribution in [0.5, 0.6) is 5.75 Å². The summed E-state index contributed by atoms with van der Waals surface area (Å²) in [6.45, 7) is 7.60. The topological polar surface area (TPSA) is 79.0 Å². The number of hydrogen-bond acceptors (Lipinski definition) is 6. The lowest BCUT2D eigenvalue weighted by Gasteiger charge is -2.35. The van der Waals surface area contributed by atoms with Gasteiger partial charge in [0.15, 0.2) is 0 Å². The predicted octanol–water partition coefficient (Wildman–Crippen LogP) is 3.63. The summed E-state index contributed by atoms with van der Waals surface area (Å²) in [5.74, 6) is 0.638. The first-order valence-electron chi connectivity index (χ1n) is 13.3. The van der Waals surface area contributed by atoms with Gasteiger partial charge in [0.25, 0.3) is 0 Å². The van der Waals surface area contributed by atoms with Gasteiger partial charge in [0.2, 0.25) is 5.91 Å². The highest BCUT2D eigenvalue weighted by Gasteiger charge is 2.25. The van der Waals surface area contributed by atoms with Crippen molar-refractivity contribution < 1.29 is 17.4 Å². The zero-order valence-corrected chi connectivity index (χ0v) is 22.1. The lowest BCUT2D eigenvalue weighted by atomic mass is 9.87. The van der Waals surface area contributed by atoms with E-state index in [-0.39, 0.29) is 10.8 Å². The molecule has 1 atom stereocenters. The second-order valence-corrected chi connectivity index (χ2v) is 11.3. The minimum atomic E-state index is -3.85. The van der Waals surface area contributed by atoms with Crippen LogP contribution in [0, 0.1) is 0 Å². The highest BCUT2D eigenvalue weighted by atomic mass is 32.2. The summed E-state index contributed by atoms with van der Waals surface area (Å²) in [4.78, 5) is 17.0. The number of carbonyl (C=O) groups is 1. The van der Waals surface area contributed by atoms with Crippen LogP contribution in [0.3, 0.4) is 0 Å². The molecule has 1 unspecified atom stereocenters. The Hall–Kier alpha value is -2.42. The number of fused-ring (bicyclic) bond motifs is 1. The Balaban J connectivity index is 1.35. The Bertz CT molecular complexity index is 1110. The Labute approximate surface area is 215 Å². The fourth-order valence-electron chi connectivity index (χ4n) is 5.28. The van der Waals surface area contributed by atoms with Gasteiger partial charge in [-0.15, -0.1) is 0 Å². The maximum Gasteiger partial charge on any atom is 0.339 e. The molecule has 2 aliphatic rings. The molecule has 7 nitrogen and oxygen atoms in total. The van der Waals surface area contributed by atoms with E-state index in [4.69, 9.17) is 4.18 Å². The standard InChI is InChI=1S/C28H39N3O4S/c1-2-17-30(18-6-7-19-31-20-16-29-15-14-28(31)32)25-12-10-23-11-13-26(22-24(23)21-25)35-36(33,34)27-8-4-3-5-9-27/h3-5,8-9,11,13,22,25,29H,2,6-7,10,12,14-21H2,1H3. The molecule has 1 N–H and O–H groups in total. The van der Waals surface area contributed by atoms with Crippen LogP contribution in [0.1, 0.15) is 50.2 Å². The first-order valence-corrected chi connectivity index (χ1v) is 14.7. The lowest BCUT2D eigenvalue weighted by Crippen LogP contribution is -2.41.